The van der Waals surface area contributed by atoms with Crippen LogP contribution in [-0.4, -0.2) is 15.5 Å². The van der Waals surface area contributed by atoms with Crippen molar-refractivity contribution in [3.05, 3.63) is 54.1 Å². The second-order valence-electron chi connectivity index (χ2n) is 4.11. The Morgan fingerprint density at radius 2 is 1.80 bits per heavy atom. The van der Waals surface area contributed by atoms with Crippen LogP contribution < -0.4 is 10.5 Å². The first kappa shape index (κ1) is 14.4. The van der Waals surface area contributed by atoms with Gasteiger partial charge in [-0.05, 0) is 23.8 Å². The van der Waals surface area contributed by atoms with E-state index in [0.717, 1.165) is 5.56 Å². The van der Waals surface area contributed by atoms with E-state index in [1.165, 1.54) is 25.3 Å². The highest BCUT2D eigenvalue weighted by molar-refractivity contribution is 7.86. The zero-order valence-electron chi connectivity index (χ0n) is 10.9. The molecule has 106 valence electrons. The van der Waals surface area contributed by atoms with E-state index in [4.69, 9.17) is 14.7 Å². The zero-order valence-corrected chi connectivity index (χ0v) is 11.8. The van der Waals surface area contributed by atoms with Crippen molar-refractivity contribution in [3.63, 3.8) is 0 Å². The summed E-state index contributed by atoms with van der Waals surface area (Å²) in [5.74, 6) is 0.423. The third-order valence-corrected chi connectivity index (χ3v) is 3.97. The first-order valence-electron chi connectivity index (χ1n) is 5.90. The van der Waals surface area contributed by atoms with Gasteiger partial charge in [0.05, 0.1) is 24.3 Å². The number of anilines is 1. The standard InChI is InChI=1S/C14H15NO4S/c1-18-14-8-7-12(9-13(14)15)20(16,17)19-10-11-5-3-2-4-6-11/h2-9H,10,15H2,1H3. The van der Waals surface area contributed by atoms with Crippen LogP contribution in [-0.2, 0) is 20.9 Å². The fraction of sp³-hybridized carbons (Fsp3) is 0.143. The Labute approximate surface area is 118 Å². The molecular weight excluding hydrogens is 278 g/mol. The molecule has 2 N–H and O–H groups in total. The summed E-state index contributed by atoms with van der Waals surface area (Å²) in [6, 6.07) is 13.3. The molecule has 2 aromatic rings. The molecule has 0 aromatic heterocycles. The Balaban J connectivity index is 2.16. The first-order valence-corrected chi connectivity index (χ1v) is 7.30. The van der Waals surface area contributed by atoms with Gasteiger partial charge in [-0.1, -0.05) is 30.3 Å². The molecule has 20 heavy (non-hydrogen) atoms. The molecule has 0 atom stereocenters. The van der Waals surface area contributed by atoms with Crippen LogP contribution in [0.4, 0.5) is 5.69 Å². The van der Waals surface area contributed by atoms with Gasteiger partial charge >= 0.3 is 0 Å². The van der Waals surface area contributed by atoms with E-state index in [1.54, 1.807) is 12.1 Å². The smallest absolute Gasteiger partial charge is 0.297 e. The fourth-order valence-corrected chi connectivity index (χ4v) is 2.59. The molecule has 5 nitrogen and oxygen atoms in total. The number of ether oxygens (including phenoxy) is 1. The van der Waals surface area contributed by atoms with Crippen molar-refractivity contribution in [2.45, 2.75) is 11.5 Å². The molecule has 0 aliphatic rings. The number of hydrogen-bond acceptors (Lipinski definition) is 5. The maximum atomic E-state index is 12.0. The molecule has 0 aliphatic carbocycles. The minimum atomic E-state index is -3.84. The van der Waals surface area contributed by atoms with E-state index in [2.05, 4.69) is 0 Å². The molecule has 0 amide bonds. The maximum absolute atomic E-state index is 12.0. The maximum Gasteiger partial charge on any atom is 0.297 e. The minimum absolute atomic E-state index is 0.00623. The second kappa shape index (κ2) is 5.94. The van der Waals surface area contributed by atoms with Gasteiger partial charge in [-0.3, -0.25) is 4.18 Å². The van der Waals surface area contributed by atoms with E-state index >= 15 is 0 Å². The highest BCUT2D eigenvalue weighted by atomic mass is 32.2. The Hall–Kier alpha value is -2.05. The first-order chi connectivity index (χ1) is 9.53. The summed E-state index contributed by atoms with van der Waals surface area (Å²) >= 11 is 0. The predicted octanol–water partition coefficient (Wildman–Crippen LogP) is 2.18. The molecule has 0 heterocycles. The number of methoxy groups -OCH3 is 1. The predicted molar refractivity (Wildman–Crippen MR) is 75.8 cm³/mol. The van der Waals surface area contributed by atoms with Crippen molar-refractivity contribution in [1.29, 1.82) is 0 Å². The van der Waals surface area contributed by atoms with Crippen molar-refractivity contribution in [2.24, 2.45) is 0 Å². The summed E-state index contributed by atoms with van der Waals surface area (Å²) in [7, 11) is -2.38. The highest BCUT2D eigenvalue weighted by Gasteiger charge is 2.17. The lowest BCUT2D eigenvalue weighted by Crippen LogP contribution is -2.07. The monoisotopic (exact) mass is 293 g/mol. The summed E-state index contributed by atoms with van der Waals surface area (Å²) in [6.45, 7) is -0.0187. The van der Waals surface area contributed by atoms with Gasteiger partial charge in [0.1, 0.15) is 5.75 Å². The average Bonchev–Trinajstić information content (AvgIpc) is 2.46. The number of benzene rings is 2. The third-order valence-electron chi connectivity index (χ3n) is 2.71. The van der Waals surface area contributed by atoms with Crippen LogP contribution in [0.1, 0.15) is 5.56 Å². The third kappa shape index (κ3) is 3.28. The van der Waals surface area contributed by atoms with Crippen LogP contribution in [0.5, 0.6) is 5.75 Å². The molecule has 0 radical (unpaired) electrons. The highest BCUT2D eigenvalue weighted by Crippen LogP contribution is 2.25. The molecule has 0 saturated heterocycles. The molecule has 0 saturated carbocycles. The number of nitrogens with two attached hydrogens (primary N) is 1. The minimum Gasteiger partial charge on any atom is -0.495 e. The van der Waals surface area contributed by atoms with E-state index in [9.17, 15) is 8.42 Å². The van der Waals surface area contributed by atoms with Crippen molar-refractivity contribution in [2.75, 3.05) is 12.8 Å². The van der Waals surface area contributed by atoms with Gasteiger partial charge in [0.15, 0.2) is 0 Å². The van der Waals surface area contributed by atoms with Gasteiger partial charge in [-0.15, -0.1) is 0 Å². The molecule has 0 bridgehead atoms. The molecule has 0 fully saturated rings. The van der Waals surface area contributed by atoms with E-state index in [0.29, 0.717) is 5.75 Å². The fourth-order valence-electron chi connectivity index (χ4n) is 1.66. The lowest BCUT2D eigenvalue weighted by Gasteiger charge is -2.08. The largest absolute Gasteiger partial charge is 0.495 e. The van der Waals surface area contributed by atoms with Gasteiger partial charge in [-0.2, -0.15) is 8.42 Å². The van der Waals surface area contributed by atoms with Crippen LogP contribution in [0.25, 0.3) is 0 Å². The molecule has 0 spiro atoms. The van der Waals surface area contributed by atoms with Gasteiger partial charge in [0.25, 0.3) is 10.1 Å². The van der Waals surface area contributed by atoms with Gasteiger partial charge in [-0.25, -0.2) is 0 Å². The molecule has 2 rings (SSSR count). The summed E-state index contributed by atoms with van der Waals surface area (Å²) in [4.78, 5) is 0.00623. The molecule has 0 aliphatic heterocycles. The van der Waals surface area contributed by atoms with Crippen LogP contribution >= 0.6 is 0 Å². The Morgan fingerprint density at radius 1 is 1.10 bits per heavy atom. The van der Waals surface area contributed by atoms with E-state index in [-0.39, 0.29) is 17.2 Å². The Bertz CT molecular complexity index is 684. The zero-order chi connectivity index (χ0) is 14.6. The number of rotatable bonds is 5. The summed E-state index contributed by atoms with van der Waals surface area (Å²) in [5, 5.41) is 0. The molecular formula is C14H15NO4S. The second-order valence-corrected chi connectivity index (χ2v) is 5.72. The summed E-state index contributed by atoms with van der Waals surface area (Å²) in [6.07, 6.45) is 0. The molecule has 6 heteroatoms. The van der Waals surface area contributed by atoms with Gasteiger partial charge in [0.2, 0.25) is 0 Å². The number of nitrogen functional groups attached to an aromatic ring is 1. The Morgan fingerprint density at radius 3 is 2.40 bits per heavy atom. The van der Waals surface area contributed by atoms with Gasteiger partial charge < -0.3 is 10.5 Å². The molecule has 0 unspecified atom stereocenters. The summed E-state index contributed by atoms with van der Waals surface area (Å²) in [5.41, 5.74) is 6.71. The van der Waals surface area contributed by atoms with Crippen LogP contribution in [0, 0.1) is 0 Å². The number of hydrogen-bond donors (Lipinski definition) is 1. The lowest BCUT2D eigenvalue weighted by atomic mass is 10.2. The van der Waals surface area contributed by atoms with Crippen LogP contribution in [0.3, 0.4) is 0 Å². The quantitative estimate of drug-likeness (QED) is 0.675. The van der Waals surface area contributed by atoms with Crippen molar-refractivity contribution in [1.82, 2.24) is 0 Å². The summed E-state index contributed by atoms with van der Waals surface area (Å²) < 4.78 is 34.1. The lowest BCUT2D eigenvalue weighted by molar-refractivity contribution is 0.308. The normalized spacial score (nSPS) is 11.2. The van der Waals surface area contributed by atoms with Crippen molar-refractivity contribution in [3.8, 4) is 5.75 Å². The molecule has 2 aromatic carbocycles. The van der Waals surface area contributed by atoms with Gasteiger partial charge in [0, 0.05) is 0 Å². The topological polar surface area (TPSA) is 78.6 Å². The van der Waals surface area contributed by atoms with Crippen molar-refractivity contribution >= 4 is 15.8 Å². The van der Waals surface area contributed by atoms with E-state index < -0.39 is 10.1 Å². The van der Waals surface area contributed by atoms with E-state index in [1.807, 2.05) is 18.2 Å². The van der Waals surface area contributed by atoms with Crippen molar-refractivity contribution < 1.29 is 17.3 Å². The SMILES string of the molecule is COc1ccc(S(=O)(=O)OCc2ccccc2)cc1N. The van der Waals surface area contributed by atoms with Crippen LogP contribution in [0.15, 0.2) is 53.4 Å². The van der Waals surface area contributed by atoms with Crippen LogP contribution in [0.2, 0.25) is 0 Å². The Kier molecular flexibility index (Phi) is 4.26. The average molecular weight is 293 g/mol.